The molecule has 1 aliphatic heterocycles. The molecule has 31 heavy (non-hydrogen) atoms. The van der Waals surface area contributed by atoms with Crippen LogP contribution in [0, 0.1) is 6.92 Å². The van der Waals surface area contributed by atoms with Gasteiger partial charge in [-0.25, -0.2) is 0 Å². The van der Waals surface area contributed by atoms with Gasteiger partial charge in [0, 0.05) is 0 Å². The first-order valence-corrected chi connectivity index (χ1v) is 9.84. The van der Waals surface area contributed by atoms with E-state index in [1.165, 1.54) is 11.0 Å². The molecule has 0 saturated heterocycles. The number of likely N-dealkylation sites (N-methyl/N-ethyl adjacent to an activating group) is 1. The van der Waals surface area contributed by atoms with Crippen LogP contribution in [0.25, 0.3) is 0 Å². The predicted octanol–water partition coefficient (Wildman–Crippen LogP) is 0.175. The first-order chi connectivity index (χ1) is 14.7. The molecule has 0 unspecified atom stereocenters. The van der Waals surface area contributed by atoms with Crippen molar-refractivity contribution in [2.45, 2.75) is 13.0 Å². The van der Waals surface area contributed by atoms with Crippen LogP contribution in [-0.2, 0) is 9.59 Å². The Labute approximate surface area is 179 Å². The van der Waals surface area contributed by atoms with Crippen molar-refractivity contribution in [1.82, 2.24) is 4.90 Å². The standard InChI is InChI=1S/C22H25N3O6/c1-13-4-9-16(31-13)20(27)18-19(25(11-10-24(2)3)22(29)21(18)28)14-5-7-15(8-6-14)30-12-17(23)26/h4-9,19,28H,10-12H2,1-3H3,(H2,23,26)/p+1/t19-/m1/s1. The van der Waals surface area contributed by atoms with Crippen LogP contribution >= 0.6 is 0 Å². The minimum Gasteiger partial charge on any atom is -0.503 e. The van der Waals surface area contributed by atoms with Gasteiger partial charge in [0.25, 0.3) is 11.8 Å². The minimum absolute atomic E-state index is 0.0288. The SMILES string of the molecule is Cc1ccc(C(=O)C2=C(O)C(=O)N(CC[NH+](C)C)[C@@H]2c2ccc(OCC(N)=O)cc2)o1. The highest BCUT2D eigenvalue weighted by atomic mass is 16.5. The van der Waals surface area contributed by atoms with E-state index in [4.69, 9.17) is 14.9 Å². The Morgan fingerprint density at radius 1 is 1.19 bits per heavy atom. The fourth-order valence-corrected chi connectivity index (χ4v) is 3.40. The zero-order valence-corrected chi connectivity index (χ0v) is 17.7. The number of benzene rings is 1. The number of quaternary nitrogens is 1. The second kappa shape index (κ2) is 9.05. The molecule has 1 aromatic heterocycles. The van der Waals surface area contributed by atoms with Crippen molar-refractivity contribution in [3.05, 3.63) is 64.8 Å². The lowest BCUT2D eigenvalue weighted by Crippen LogP contribution is -3.06. The molecule has 9 nitrogen and oxygen atoms in total. The largest absolute Gasteiger partial charge is 0.503 e. The van der Waals surface area contributed by atoms with Crippen molar-refractivity contribution in [1.29, 1.82) is 0 Å². The number of furan rings is 1. The van der Waals surface area contributed by atoms with Crippen molar-refractivity contribution in [3.63, 3.8) is 0 Å². The molecule has 0 aliphatic carbocycles. The van der Waals surface area contributed by atoms with Crippen LogP contribution < -0.4 is 15.4 Å². The van der Waals surface area contributed by atoms with Crippen molar-refractivity contribution in [2.24, 2.45) is 5.73 Å². The number of aliphatic hydroxyl groups excluding tert-OH is 1. The van der Waals surface area contributed by atoms with Crippen molar-refractivity contribution in [2.75, 3.05) is 33.8 Å². The lowest BCUT2D eigenvalue weighted by molar-refractivity contribution is -0.857. The van der Waals surface area contributed by atoms with Gasteiger partial charge in [-0.2, -0.15) is 0 Å². The Morgan fingerprint density at radius 2 is 1.87 bits per heavy atom. The number of nitrogens with one attached hydrogen (secondary N) is 1. The number of carbonyl (C=O) groups is 3. The monoisotopic (exact) mass is 428 g/mol. The minimum atomic E-state index is -0.782. The molecule has 0 radical (unpaired) electrons. The molecule has 2 amide bonds. The zero-order chi connectivity index (χ0) is 22.7. The number of aryl methyl sites for hydroxylation is 1. The zero-order valence-electron chi connectivity index (χ0n) is 17.7. The van der Waals surface area contributed by atoms with Gasteiger partial charge in [-0.1, -0.05) is 12.1 Å². The summed E-state index contributed by atoms with van der Waals surface area (Å²) in [4.78, 5) is 39.5. The highest BCUT2D eigenvalue weighted by Crippen LogP contribution is 2.39. The van der Waals surface area contributed by atoms with Gasteiger partial charge >= 0.3 is 0 Å². The molecule has 0 fully saturated rings. The summed E-state index contributed by atoms with van der Waals surface area (Å²) in [5.74, 6) is -1.31. The predicted molar refractivity (Wildman–Crippen MR) is 111 cm³/mol. The Bertz CT molecular complexity index is 1020. The number of carbonyl (C=O) groups excluding carboxylic acids is 3. The Balaban J connectivity index is 1.98. The van der Waals surface area contributed by atoms with E-state index in [0.29, 0.717) is 30.2 Å². The van der Waals surface area contributed by atoms with E-state index in [0.717, 1.165) is 4.90 Å². The summed E-state index contributed by atoms with van der Waals surface area (Å²) in [5, 5.41) is 10.6. The quantitative estimate of drug-likeness (QED) is 0.489. The van der Waals surface area contributed by atoms with E-state index in [9.17, 15) is 19.5 Å². The number of rotatable bonds is 9. The third kappa shape index (κ3) is 4.77. The summed E-state index contributed by atoms with van der Waals surface area (Å²) in [6, 6.07) is 8.99. The normalized spacial score (nSPS) is 16.3. The van der Waals surface area contributed by atoms with E-state index >= 15 is 0 Å². The molecule has 2 heterocycles. The van der Waals surface area contributed by atoms with Crippen LogP contribution in [0.15, 0.2) is 52.1 Å². The fourth-order valence-electron chi connectivity index (χ4n) is 3.40. The average molecular weight is 428 g/mol. The van der Waals surface area contributed by atoms with Crippen LogP contribution in [0.2, 0.25) is 0 Å². The van der Waals surface area contributed by atoms with E-state index < -0.39 is 29.4 Å². The number of ether oxygens (including phenoxy) is 1. The molecular weight excluding hydrogens is 402 g/mol. The molecule has 1 atom stereocenters. The van der Waals surface area contributed by atoms with Crippen LogP contribution in [0.5, 0.6) is 5.75 Å². The average Bonchev–Trinajstić information content (AvgIpc) is 3.26. The molecule has 9 heteroatoms. The summed E-state index contributed by atoms with van der Waals surface area (Å²) in [6.45, 7) is 2.40. The smallest absolute Gasteiger partial charge is 0.290 e. The summed E-state index contributed by atoms with van der Waals surface area (Å²) in [7, 11) is 3.90. The molecule has 1 aliphatic rings. The fraction of sp³-hybridized carbons (Fsp3) is 0.318. The van der Waals surface area contributed by atoms with Gasteiger partial charge in [-0.05, 0) is 36.8 Å². The Morgan fingerprint density at radius 3 is 2.42 bits per heavy atom. The molecule has 164 valence electrons. The van der Waals surface area contributed by atoms with Gasteiger partial charge in [0.15, 0.2) is 18.1 Å². The number of Topliss-reactive ketones (excluding diaryl/α,β-unsaturated/α-hetero) is 1. The molecule has 0 spiro atoms. The number of amides is 2. The maximum Gasteiger partial charge on any atom is 0.290 e. The second-order valence-corrected chi connectivity index (χ2v) is 7.68. The summed E-state index contributed by atoms with van der Waals surface area (Å²) >= 11 is 0. The number of aliphatic hydroxyl groups is 1. The first kappa shape index (κ1) is 22.1. The van der Waals surface area contributed by atoms with Crippen LogP contribution in [0.3, 0.4) is 0 Å². The third-order valence-electron chi connectivity index (χ3n) is 4.94. The summed E-state index contributed by atoms with van der Waals surface area (Å²) in [5.41, 5.74) is 5.68. The molecule has 4 N–H and O–H groups in total. The maximum atomic E-state index is 13.2. The maximum absolute atomic E-state index is 13.2. The lowest BCUT2D eigenvalue weighted by Gasteiger charge is -2.27. The highest BCUT2D eigenvalue weighted by Gasteiger charge is 2.44. The molecular formula is C22H26N3O6+. The van der Waals surface area contributed by atoms with Gasteiger partial charge < -0.3 is 29.8 Å². The van der Waals surface area contributed by atoms with Gasteiger partial charge in [-0.15, -0.1) is 0 Å². The molecule has 2 aromatic rings. The number of nitrogens with two attached hydrogens (primary N) is 1. The molecule has 0 saturated carbocycles. The van der Waals surface area contributed by atoms with E-state index in [1.807, 2.05) is 14.1 Å². The van der Waals surface area contributed by atoms with Gasteiger partial charge in [0.05, 0.1) is 38.8 Å². The van der Waals surface area contributed by atoms with Gasteiger partial charge in [-0.3, -0.25) is 14.4 Å². The van der Waals surface area contributed by atoms with Crippen molar-refractivity contribution in [3.8, 4) is 5.75 Å². The Kier molecular flexibility index (Phi) is 6.45. The number of nitrogens with zero attached hydrogens (tertiary/aromatic N) is 1. The Hall–Kier alpha value is -3.59. The third-order valence-corrected chi connectivity index (χ3v) is 4.94. The van der Waals surface area contributed by atoms with Crippen molar-refractivity contribution < 1.29 is 33.5 Å². The molecule has 1 aromatic carbocycles. The van der Waals surface area contributed by atoms with Crippen LogP contribution in [0.1, 0.15) is 27.9 Å². The summed E-state index contributed by atoms with van der Waals surface area (Å²) < 4.78 is 10.7. The van der Waals surface area contributed by atoms with Gasteiger partial charge in [0.1, 0.15) is 11.5 Å². The number of hydrogen-bond acceptors (Lipinski definition) is 6. The van der Waals surface area contributed by atoms with E-state index in [2.05, 4.69) is 0 Å². The lowest BCUT2D eigenvalue weighted by atomic mass is 9.95. The van der Waals surface area contributed by atoms with Gasteiger partial charge in [0.2, 0.25) is 5.78 Å². The van der Waals surface area contributed by atoms with E-state index in [1.54, 1.807) is 37.3 Å². The summed E-state index contributed by atoms with van der Waals surface area (Å²) in [6.07, 6.45) is 0. The van der Waals surface area contributed by atoms with E-state index in [-0.39, 0.29) is 17.9 Å². The number of primary amides is 1. The van der Waals surface area contributed by atoms with Crippen LogP contribution in [0.4, 0.5) is 0 Å². The second-order valence-electron chi connectivity index (χ2n) is 7.68. The number of ketones is 1. The highest BCUT2D eigenvalue weighted by molar-refractivity contribution is 6.15. The van der Waals surface area contributed by atoms with Crippen molar-refractivity contribution >= 4 is 17.6 Å². The number of hydrogen-bond donors (Lipinski definition) is 3. The first-order valence-electron chi connectivity index (χ1n) is 9.84. The topological polar surface area (TPSA) is 128 Å². The molecule has 0 bridgehead atoms. The van der Waals surface area contributed by atoms with Crippen LogP contribution in [-0.4, -0.2) is 61.4 Å². The molecule has 3 rings (SSSR count).